The van der Waals surface area contributed by atoms with Crippen LogP contribution < -0.4 is 21.7 Å². The predicted molar refractivity (Wildman–Crippen MR) is 102 cm³/mol. The number of carboxylic acids is 1. The van der Waals surface area contributed by atoms with Crippen LogP contribution in [0.15, 0.2) is 30.3 Å². The number of amides is 3. The predicted octanol–water partition coefficient (Wildman–Crippen LogP) is -1.30. The van der Waals surface area contributed by atoms with Gasteiger partial charge >= 0.3 is 12.1 Å². The van der Waals surface area contributed by atoms with Crippen molar-refractivity contribution in [1.29, 1.82) is 0 Å². The van der Waals surface area contributed by atoms with E-state index in [1.807, 2.05) is 6.07 Å². The van der Waals surface area contributed by atoms with E-state index in [9.17, 15) is 24.3 Å². The monoisotopic (exact) mass is 410 g/mol. The Morgan fingerprint density at radius 1 is 1.10 bits per heavy atom. The zero-order valence-corrected chi connectivity index (χ0v) is 15.8. The minimum absolute atomic E-state index is 0.0185. The number of benzene rings is 1. The van der Waals surface area contributed by atoms with Crippen LogP contribution in [0.25, 0.3) is 0 Å². The van der Waals surface area contributed by atoms with Crippen molar-refractivity contribution in [2.24, 2.45) is 5.73 Å². The van der Waals surface area contributed by atoms with Crippen molar-refractivity contribution in [2.75, 3.05) is 19.6 Å². The first kappa shape index (κ1) is 23.9. The van der Waals surface area contributed by atoms with Gasteiger partial charge in [0.25, 0.3) is 0 Å². The maximum absolute atomic E-state index is 12.1. The molecule has 0 aromatic heterocycles. The molecule has 0 aliphatic rings. The summed E-state index contributed by atoms with van der Waals surface area (Å²) in [6, 6.07) is 7.69. The Morgan fingerprint density at radius 3 is 2.41 bits per heavy atom. The third-order valence-corrected chi connectivity index (χ3v) is 3.70. The zero-order chi connectivity index (χ0) is 21.6. The van der Waals surface area contributed by atoms with Crippen LogP contribution in [0.4, 0.5) is 4.79 Å². The number of carbonyl (C=O) groups is 4. The van der Waals surface area contributed by atoms with E-state index < -0.39 is 42.6 Å². The van der Waals surface area contributed by atoms with Crippen molar-refractivity contribution in [1.82, 2.24) is 16.0 Å². The number of nitrogens with one attached hydrogen (secondary N) is 3. The fourth-order valence-electron chi connectivity index (χ4n) is 2.14. The van der Waals surface area contributed by atoms with Crippen LogP contribution in [0.3, 0.4) is 0 Å². The maximum atomic E-state index is 12.1. The van der Waals surface area contributed by atoms with Crippen LogP contribution in [0.2, 0.25) is 0 Å². The molecule has 7 N–H and O–H groups in total. The van der Waals surface area contributed by atoms with E-state index in [0.717, 1.165) is 5.56 Å². The molecule has 11 nitrogen and oxygen atoms in total. The second-order valence-corrected chi connectivity index (χ2v) is 6.10. The fraction of sp³-hybridized carbons (Fsp3) is 0.444. The molecule has 11 heteroatoms. The average molecular weight is 410 g/mol. The molecule has 29 heavy (non-hydrogen) atoms. The minimum atomic E-state index is -1.25. The third-order valence-electron chi connectivity index (χ3n) is 3.70. The van der Waals surface area contributed by atoms with Crippen LogP contribution in [0.1, 0.15) is 18.4 Å². The molecular formula is C18H26N4O7. The van der Waals surface area contributed by atoms with Gasteiger partial charge < -0.3 is 36.6 Å². The quantitative estimate of drug-likeness (QED) is 0.246. The van der Waals surface area contributed by atoms with Gasteiger partial charge in [0.2, 0.25) is 11.8 Å². The summed E-state index contributed by atoms with van der Waals surface area (Å²) in [5.74, 6) is -2.48. The van der Waals surface area contributed by atoms with E-state index >= 15 is 0 Å². The third kappa shape index (κ3) is 10.7. The lowest BCUT2D eigenvalue weighted by Gasteiger charge is -2.18. The number of nitrogens with two attached hydrogens (primary N) is 1. The van der Waals surface area contributed by atoms with Gasteiger partial charge in [-0.05, 0) is 12.0 Å². The second-order valence-electron chi connectivity index (χ2n) is 6.10. The number of hydrogen-bond donors (Lipinski definition) is 6. The van der Waals surface area contributed by atoms with Crippen molar-refractivity contribution in [2.45, 2.75) is 31.6 Å². The summed E-state index contributed by atoms with van der Waals surface area (Å²) >= 11 is 0. The Kier molecular flexibility index (Phi) is 10.8. The molecule has 0 saturated heterocycles. The summed E-state index contributed by atoms with van der Waals surface area (Å²) in [6.07, 6.45) is -2.03. The largest absolute Gasteiger partial charge is 0.480 e. The molecular weight excluding hydrogens is 384 g/mol. The van der Waals surface area contributed by atoms with Crippen molar-refractivity contribution in [3.05, 3.63) is 35.9 Å². The van der Waals surface area contributed by atoms with Crippen LogP contribution in [0, 0.1) is 0 Å². The van der Waals surface area contributed by atoms with Crippen molar-refractivity contribution in [3.63, 3.8) is 0 Å². The van der Waals surface area contributed by atoms with E-state index in [-0.39, 0.29) is 32.5 Å². The number of aliphatic carboxylic acids is 1. The van der Waals surface area contributed by atoms with Gasteiger partial charge in [-0.1, -0.05) is 30.3 Å². The van der Waals surface area contributed by atoms with Crippen molar-refractivity contribution < 1.29 is 34.1 Å². The Hall–Kier alpha value is -3.18. The molecule has 1 aromatic carbocycles. The number of hydrogen-bond acceptors (Lipinski definition) is 7. The van der Waals surface area contributed by atoms with Crippen LogP contribution in [0.5, 0.6) is 0 Å². The number of aliphatic hydroxyl groups is 1. The SMILES string of the molecule is NCC(O)CNC(=O)CC[C@H](NC(=O)OCc1ccccc1)C(=O)NCC(=O)O. The molecule has 0 saturated carbocycles. The number of carbonyl (C=O) groups excluding carboxylic acids is 3. The lowest BCUT2D eigenvalue weighted by Crippen LogP contribution is -2.48. The number of alkyl carbamates (subject to hydrolysis) is 1. The number of rotatable bonds is 12. The van der Waals surface area contributed by atoms with Crippen molar-refractivity contribution >= 4 is 23.9 Å². The normalized spacial score (nSPS) is 12.3. The number of ether oxygens (including phenoxy) is 1. The lowest BCUT2D eigenvalue weighted by molar-refractivity contribution is -0.138. The molecule has 3 amide bonds. The highest BCUT2D eigenvalue weighted by Crippen LogP contribution is 2.03. The Bertz CT molecular complexity index is 684. The van der Waals surface area contributed by atoms with Crippen LogP contribution >= 0.6 is 0 Å². The topological polar surface area (TPSA) is 180 Å². The smallest absolute Gasteiger partial charge is 0.408 e. The van der Waals surface area contributed by atoms with Gasteiger partial charge in [-0.3, -0.25) is 14.4 Å². The first-order valence-electron chi connectivity index (χ1n) is 8.93. The molecule has 2 atom stereocenters. The highest BCUT2D eigenvalue weighted by atomic mass is 16.5. The van der Waals surface area contributed by atoms with Gasteiger partial charge in [-0.2, -0.15) is 0 Å². The van der Waals surface area contributed by atoms with E-state index in [2.05, 4.69) is 16.0 Å². The molecule has 1 rings (SSSR count). The van der Waals surface area contributed by atoms with E-state index in [1.54, 1.807) is 24.3 Å². The summed E-state index contributed by atoms with van der Waals surface area (Å²) < 4.78 is 5.04. The molecule has 0 aliphatic heterocycles. The fourth-order valence-corrected chi connectivity index (χ4v) is 2.14. The summed E-state index contributed by atoms with van der Waals surface area (Å²) in [7, 11) is 0. The molecule has 0 fully saturated rings. The molecule has 0 radical (unpaired) electrons. The van der Waals surface area contributed by atoms with E-state index in [4.69, 9.17) is 15.6 Å². The van der Waals surface area contributed by atoms with Gasteiger partial charge in [0, 0.05) is 19.5 Å². The molecule has 160 valence electrons. The lowest BCUT2D eigenvalue weighted by atomic mass is 10.1. The average Bonchev–Trinajstić information content (AvgIpc) is 2.72. The van der Waals surface area contributed by atoms with Gasteiger partial charge in [0.1, 0.15) is 19.2 Å². The Balaban J connectivity index is 2.57. The number of aliphatic hydroxyl groups excluding tert-OH is 1. The summed E-state index contributed by atoms with van der Waals surface area (Å²) in [5.41, 5.74) is 5.98. The van der Waals surface area contributed by atoms with Gasteiger partial charge in [0.05, 0.1) is 6.10 Å². The first-order valence-corrected chi connectivity index (χ1v) is 8.93. The summed E-state index contributed by atoms with van der Waals surface area (Å²) in [4.78, 5) is 46.6. The molecule has 0 aliphatic carbocycles. The highest BCUT2D eigenvalue weighted by molar-refractivity contribution is 5.88. The molecule has 0 bridgehead atoms. The molecule has 1 unspecified atom stereocenters. The standard InChI is InChI=1S/C18H26N4O7/c19-8-13(23)9-20-15(24)7-6-14(17(27)21-10-16(25)26)22-18(28)29-11-12-4-2-1-3-5-12/h1-5,13-14,23H,6-11,19H2,(H,20,24)(H,21,27)(H,22,28)(H,25,26)/t13?,14-/m0/s1. The molecule has 0 heterocycles. The van der Waals surface area contributed by atoms with Crippen LogP contribution in [-0.4, -0.2) is 65.9 Å². The summed E-state index contributed by atoms with van der Waals surface area (Å²) in [6.45, 7) is -0.717. The van der Waals surface area contributed by atoms with Crippen LogP contribution in [-0.2, 0) is 25.7 Å². The van der Waals surface area contributed by atoms with E-state index in [0.29, 0.717) is 0 Å². The zero-order valence-electron chi connectivity index (χ0n) is 15.8. The Morgan fingerprint density at radius 2 is 1.79 bits per heavy atom. The number of carboxylic acid groups (broad SMARTS) is 1. The van der Waals surface area contributed by atoms with Crippen molar-refractivity contribution in [3.8, 4) is 0 Å². The highest BCUT2D eigenvalue weighted by Gasteiger charge is 2.23. The molecule has 0 spiro atoms. The Labute approximate surface area is 167 Å². The van der Waals surface area contributed by atoms with E-state index in [1.165, 1.54) is 0 Å². The second kappa shape index (κ2) is 13.1. The maximum Gasteiger partial charge on any atom is 0.408 e. The molecule has 1 aromatic rings. The first-order chi connectivity index (χ1) is 13.8. The van der Waals surface area contributed by atoms with Gasteiger partial charge in [-0.25, -0.2) is 4.79 Å². The summed E-state index contributed by atoms with van der Waals surface area (Å²) in [5, 5.41) is 24.9. The van der Waals surface area contributed by atoms with Gasteiger partial charge in [-0.15, -0.1) is 0 Å². The van der Waals surface area contributed by atoms with Gasteiger partial charge in [0.15, 0.2) is 0 Å². The minimum Gasteiger partial charge on any atom is -0.480 e.